The van der Waals surface area contributed by atoms with E-state index in [2.05, 4.69) is 36.4 Å². The molecule has 1 unspecified atom stereocenters. The zero-order valence-electron chi connectivity index (χ0n) is 12.8. The molecule has 1 aromatic heterocycles. The minimum atomic E-state index is -0.121. The molecule has 4 N–H and O–H groups in total. The molecule has 6 heteroatoms. The molecule has 0 saturated carbocycles. The molecule has 0 radical (unpaired) electrons. The average Bonchev–Trinajstić information content (AvgIpc) is 2.79. The SMILES string of the molecule is CCCNc1nc(N)c(C(=O)NC(C)C(CC)CC)s1. The summed E-state index contributed by atoms with van der Waals surface area (Å²) in [6, 6.07) is 0.144. The van der Waals surface area contributed by atoms with Crippen LogP contribution < -0.4 is 16.4 Å². The summed E-state index contributed by atoms with van der Waals surface area (Å²) in [4.78, 5) is 16.9. The Morgan fingerprint density at radius 1 is 1.35 bits per heavy atom. The molecule has 0 spiro atoms. The minimum absolute atomic E-state index is 0.121. The van der Waals surface area contributed by atoms with Crippen molar-refractivity contribution < 1.29 is 4.79 Å². The normalized spacial score (nSPS) is 12.4. The third-order valence-corrected chi connectivity index (χ3v) is 4.53. The maximum atomic E-state index is 12.3. The van der Waals surface area contributed by atoms with Crippen molar-refractivity contribution in [2.45, 2.75) is 53.0 Å². The number of anilines is 2. The highest BCUT2D eigenvalue weighted by atomic mass is 32.1. The summed E-state index contributed by atoms with van der Waals surface area (Å²) in [5.74, 6) is 0.678. The first-order valence-electron chi connectivity index (χ1n) is 7.34. The average molecular weight is 298 g/mol. The van der Waals surface area contributed by atoms with Crippen molar-refractivity contribution in [3.05, 3.63) is 4.88 Å². The van der Waals surface area contributed by atoms with Crippen molar-refractivity contribution in [1.82, 2.24) is 10.3 Å². The van der Waals surface area contributed by atoms with Crippen LogP contribution in [0.3, 0.4) is 0 Å². The number of carbonyl (C=O) groups is 1. The van der Waals surface area contributed by atoms with Gasteiger partial charge in [-0.05, 0) is 19.3 Å². The number of aromatic nitrogens is 1. The molecule has 1 rings (SSSR count). The van der Waals surface area contributed by atoms with Crippen LogP contribution in [0.5, 0.6) is 0 Å². The molecule has 0 aromatic carbocycles. The maximum absolute atomic E-state index is 12.3. The lowest BCUT2D eigenvalue weighted by Crippen LogP contribution is -2.37. The molecule has 1 amide bonds. The summed E-state index contributed by atoms with van der Waals surface area (Å²) in [5, 5.41) is 6.90. The first-order valence-corrected chi connectivity index (χ1v) is 8.16. The van der Waals surface area contributed by atoms with Gasteiger partial charge in [-0.1, -0.05) is 44.9 Å². The highest BCUT2D eigenvalue weighted by Crippen LogP contribution is 2.25. The van der Waals surface area contributed by atoms with Gasteiger partial charge in [0.2, 0.25) is 0 Å². The quantitative estimate of drug-likeness (QED) is 0.689. The van der Waals surface area contributed by atoms with Gasteiger partial charge < -0.3 is 16.4 Å². The molecule has 0 fully saturated rings. The molecule has 0 aliphatic heterocycles. The number of thiazole rings is 1. The second-order valence-electron chi connectivity index (χ2n) is 5.00. The second-order valence-corrected chi connectivity index (χ2v) is 6.00. The van der Waals surface area contributed by atoms with E-state index in [1.165, 1.54) is 11.3 Å². The van der Waals surface area contributed by atoms with Gasteiger partial charge in [-0.25, -0.2) is 4.98 Å². The Hall–Kier alpha value is -1.30. The topological polar surface area (TPSA) is 80.0 Å². The molecule has 0 aliphatic rings. The molecule has 5 nitrogen and oxygen atoms in total. The first kappa shape index (κ1) is 16.8. The van der Waals surface area contributed by atoms with Gasteiger partial charge in [-0.15, -0.1) is 0 Å². The van der Waals surface area contributed by atoms with Crippen molar-refractivity contribution in [3.63, 3.8) is 0 Å². The smallest absolute Gasteiger partial charge is 0.265 e. The zero-order chi connectivity index (χ0) is 15.1. The van der Waals surface area contributed by atoms with Gasteiger partial charge >= 0.3 is 0 Å². The van der Waals surface area contributed by atoms with Gasteiger partial charge in [-0.3, -0.25) is 4.79 Å². The lowest BCUT2D eigenvalue weighted by molar-refractivity contribution is 0.0930. The van der Waals surface area contributed by atoms with Crippen LogP contribution in [0, 0.1) is 5.92 Å². The molecule has 1 atom stereocenters. The summed E-state index contributed by atoms with van der Waals surface area (Å²) in [6.07, 6.45) is 3.12. The predicted octanol–water partition coefficient (Wildman–Crippen LogP) is 3.10. The van der Waals surface area contributed by atoms with Crippen molar-refractivity contribution in [3.8, 4) is 0 Å². The maximum Gasteiger partial charge on any atom is 0.265 e. The number of nitrogens with one attached hydrogen (secondary N) is 2. The fourth-order valence-corrected chi connectivity index (χ4v) is 3.00. The summed E-state index contributed by atoms with van der Waals surface area (Å²) < 4.78 is 0. The van der Waals surface area contributed by atoms with Crippen LogP contribution in [-0.2, 0) is 0 Å². The monoisotopic (exact) mass is 298 g/mol. The van der Waals surface area contributed by atoms with Crippen LogP contribution in [0.1, 0.15) is 56.6 Å². The molecule has 0 bridgehead atoms. The van der Waals surface area contributed by atoms with E-state index in [0.717, 1.165) is 25.8 Å². The van der Waals surface area contributed by atoms with Crippen LogP contribution in [0.25, 0.3) is 0 Å². The molecule has 114 valence electrons. The molecule has 0 saturated heterocycles. The van der Waals surface area contributed by atoms with Crippen molar-refractivity contribution >= 4 is 28.2 Å². The van der Waals surface area contributed by atoms with Crippen molar-refractivity contribution in [1.29, 1.82) is 0 Å². The first-order chi connectivity index (χ1) is 9.53. The van der Waals surface area contributed by atoms with Crippen LogP contribution in [0.15, 0.2) is 0 Å². The van der Waals surface area contributed by atoms with Crippen LogP contribution >= 0.6 is 11.3 Å². The largest absolute Gasteiger partial charge is 0.382 e. The van der Waals surface area contributed by atoms with Gasteiger partial charge in [0.25, 0.3) is 5.91 Å². The fraction of sp³-hybridized carbons (Fsp3) is 0.714. The van der Waals surface area contributed by atoms with E-state index in [-0.39, 0.29) is 11.9 Å². The van der Waals surface area contributed by atoms with E-state index < -0.39 is 0 Å². The Kier molecular flexibility index (Phi) is 6.78. The van der Waals surface area contributed by atoms with E-state index in [0.29, 0.717) is 21.7 Å². The second kappa shape index (κ2) is 8.09. The Morgan fingerprint density at radius 3 is 2.55 bits per heavy atom. The van der Waals surface area contributed by atoms with Crippen LogP contribution in [0.4, 0.5) is 10.9 Å². The van der Waals surface area contributed by atoms with E-state index in [9.17, 15) is 4.79 Å². The Bertz CT molecular complexity index is 429. The minimum Gasteiger partial charge on any atom is -0.382 e. The number of nitrogen functional groups attached to an aromatic ring is 1. The third-order valence-electron chi connectivity index (χ3n) is 3.50. The van der Waals surface area contributed by atoms with Crippen molar-refractivity contribution in [2.24, 2.45) is 5.92 Å². The van der Waals surface area contributed by atoms with E-state index >= 15 is 0 Å². The van der Waals surface area contributed by atoms with E-state index in [1.807, 2.05) is 6.92 Å². The number of nitrogens with zero attached hydrogens (tertiary/aromatic N) is 1. The molecule has 20 heavy (non-hydrogen) atoms. The number of rotatable bonds is 8. The highest BCUT2D eigenvalue weighted by molar-refractivity contribution is 7.18. The molecule has 0 aliphatic carbocycles. The molecular formula is C14H26N4OS. The van der Waals surface area contributed by atoms with Crippen molar-refractivity contribution in [2.75, 3.05) is 17.6 Å². The number of hydrogen-bond donors (Lipinski definition) is 3. The third kappa shape index (κ3) is 4.37. The van der Waals surface area contributed by atoms with E-state index in [1.54, 1.807) is 0 Å². The summed E-state index contributed by atoms with van der Waals surface area (Å²) >= 11 is 1.32. The number of carbonyl (C=O) groups excluding carboxylic acids is 1. The van der Waals surface area contributed by atoms with E-state index in [4.69, 9.17) is 5.73 Å². The Morgan fingerprint density at radius 2 is 2.00 bits per heavy atom. The Labute approximate surface area is 125 Å². The molecule has 1 aromatic rings. The highest BCUT2D eigenvalue weighted by Gasteiger charge is 2.20. The van der Waals surface area contributed by atoms with Crippen LogP contribution in [-0.4, -0.2) is 23.5 Å². The number of nitrogens with two attached hydrogens (primary N) is 1. The Balaban J connectivity index is 2.69. The summed E-state index contributed by atoms with van der Waals surface area (Å²) in [6.45, 7) is 9.24. The predicted molar refractivity (Wildman–Crippen MR) is 86.3 cm³/mol. The molecule has 1 heterocycles. The summed E-state index contributed by atoms with van der Waals surface area (Å²) in [7, 11) is 0. The fourth-order valence-electron chi connectivity index (χ4n) is 2.19. The van der Waals surface area contributed by atoms with Gasteiger partial charge in [0, 0.05) is 12.6 Å². The van der Waals surface area contributed by atoms with Gasteiger partial charge in [-0.2, -0.15) is 0 Å². The van der Waals surface area contributed by atoms with Gasteiger partial charge in [0.1, 0.15) is 10.7 Å². The lowest BCUT2D eigenvalue weighted by Gasteiger charge is -2.22. The molecular weight excluding hydrogens is 272 g/mol. The van der Waals surface area contributed by atoms with Gasteiger partial charge in [0.05, 0.1) is 0 Å². The van der Waals surface area contributed by atoms with Crippen LogP contribution in [0.2, 0.25) is 0 Å². The lowest BCUT2D eigenvalue weighted by atomic mass is 9.95. The summed E-state index contributed by atoms with van der Waals surface area (Å²) in [5.41, 5.74) is 5.83. The number of amides is 1. The number of hydrogen-bond acceptors (Lipinski definition) is 5. The standard InChI is InChI=1S/C14H26N4OS/c1-5-8-16-14-18-12(15)11(20-14)13(19)17-9(4)10(6-2)7-3/h9-10H,5-8,15H2,1-4H3,(H,16,18)(H,17,19). The van der Waals surface area contributed by atoms with Gasteiger partial charge in [0.15, 0.2) is 5.13 Å². The zero-order valence-corrected chi connectivity index (χ0v) is 13.6.